The molecule has 2 heteroatoms. The first-order valence-electron chi connectivity index (χ1n) is 8.06. The highest BCUT2D eigenvalue weighted by molar-refractivity contribution is 5.92. The van der Waals surface area contributed by atoms with E-state index in [-0.39, 0.29) is 17.6 Å². The number of benzene rings is 1. The standard InChI is InChI=1S/C18H22O2/c19-16-12-17(18(16)10-3-4-11-18)20-15-9-5-7-13-6-1-2-8-14(13)15/h1-2,6,8,15,17H,3-5,7,9-12H2. The van der Waals surface area contributed by atoms with Crippen molar-refractivity contribution in [3.05, 3.63) is 35.4 Å². The molecule has 2 fully saturated rings. The summed E-state index contributed by atoms with van der Waals surface area (Å²) >= 11 is 0. The minimum Gasteiger partial charge on any atom is -0.369 e. The van der Waals surface area contributed by atoms with E-state index in [9.17, 15) is 4.79 Å². The molecule has 106 valence electrons. The Bertz CT molecular complexity index is 528. The SMILES string of the molecule is O=C1CC(OC2CCCc3ccccc32)C12CCCC2. The molecular weight excluding hydrogens is 248 g/mol. The molecule has 0 bridgehead atoms. The van der Waals surface area contributed by atoms with Crippen LogP contribution in [0.25, 0.3) is 0 Å². The molecule has 2 unspecified atom stereocenters. The fourth-order valence-corrected chi connectivity index (χ4v) is 4.45. The number of Topliss-reactive ketones (excluding diaryl/α,β-unsaturated/α-hetero) is 1. The van der Waals surface area contributed by atoms with E-state index in [4.69, 9.17) is 4.74 Å². The normalized spacial score (nSPS) is 31.1. The van der Waals surface area contributed by atoms with Crippen molar-refractivity contribution in [2.45, 2.75) is 63.6 Å². The predicted octanol–water partition coefficient (Wildman–Crippen LogP) is 3.98. The van der Waals surface area contributed by atoms with Crippen LogP contribution in [0, 0.1) is 5.41 Å². The molecular formula is C18H22O2. The molecule has 20 heavy (non-hydrogen) atoms. The Morgan fingerprint density at radius 2 is 1.90 bits per heavy atom. The molecule has 2 saturated carbocycles. The third-order valence-corrected chi connectivity index (χ3v) is 5.68. The number of hydrogen-bond donors (Lipinski definition) is 0. The molecule has 1 aromatic rings. The predicted molar refractivity (Wildman–Crippen MR) is 77.5 cm³/mol. The lowest BCUT2D eigenvalue weighted by Crippen LogP contribution is -2.54. The highest BCUT2D eigenvalue weighted by atomic mass is 16.5. The largest absolute Gasteiger partial charge is 0.369 e. The summed E-state index contributed by atoms with van der Waals surface area (Å²) in [7, 11) is 0. The first kappa shape index (κ1) is 12.6. The fraction of sp³-hybridized carbons (Fsp3) is 0.611. The zero-order chi connectivity index (χ0) is 13.6. The lowest BCUT2D eigenvalue weighted by molar-refractivity contribution is -0.173. The van der Waals surface area contributed by atoms with E-state index >= 15 is 0 Å². The second-order valence-corrected chi connectivity index (χ2v) is 6.69. The summed E-state index contributed by atoms with van der Waals surface area (Å²) in [6.07, 6.45) is 9.07. The Kier molecular flexibility index (Phi) is 2.95. The van der Waals surface area contributed by atoms with Crippen LogP contribution >= 0.6 is 0 Å². The topological polar surface area (TPSA) is 26.3 Å². The van der Waals surface area contributed by atoms with Crippen molar-refractivity contribution >= 4 is 5.78 Å². The van der Waals surface area contributed by atoms with Gasteiger partial charge in [0.2, 0.25) is 0 Å². The zero-order valence-electron chi connectivity index (χ0n) is 11.9. The third-order valence-electron chi connectivity index (χ3n) is 5.68. The van der Waals surface area contributed by atoms with E-state index < -0.39 is 0 Å². The average molecular weight is 270 g/mol. The lowest BCUT2D eigenvalue weighted by Gasteiger charge is -2.47. The number of aryl methyl sites for hydroxylation is 1. The summed E-state index contributed by atoms with van der Waals surface area (Å²) in [6, 6.07) is 8.66. The monoisotopic (exact) mass is 270 g/mol. The zero-order valence-corrected chi connectivity index (χ0v) is 11.9. The van der Waals surface area contributed by atoms with Crippen LogP contribution in [-0.4, -0.2) is 11.9 Å². The maximum atomic E-state index is 12.1. The van der Waals surface area contributed by atoms with E-state index in [1.54, 1.807) is 0 Å². The lowest BCUT2D eigenvalue weighted by atomic mass is 9.63. The van der Waals surface area contributed by atoms with Gasteiger partial charge in [0.05, 0.1) is 17.6 Å². The van der Waals surface area contributed by atoms with Gasteiger partial charge in [-0.25, -0.2) is 0 Å². The average Bonchev–Trinajstić information content (AvgIpc) is 3.00. The molecule has 0 radical (unpaired) electrons. The van der Waals surface area contributed by atoms with Crippen LogP contribution in [0.5, 0.6) is 0 Å². The van der Waals surface area contributed by atoms with E-state index in [1.807, 2.05) is 0 Å². The van der Waals surface area contributed by atoms with Crippen molar-refractivity contribution in [2.75, 3.05) is 0 Å². The van der Waals surface area contributed by atoms with E-state index in [0.29, 0.717) is 12.2 Å². The first-order valence-corrected chi connectivity index (χ1v) is 8.06. The van der Waals surface area contributed by atoms with Gasteiger partial charge in [-0.1, -0.05) is 37.1 Å². The Morgan fingerprint density at radius 1 is 1.10 bits per heavy atom. The summed E-state index contributed by atoms with van der Waals surface area (Å²) in [5, 5.41) is 0. The molecule has 0 saturated heterocycles. The van der Waals surface area contributed by atoms with Gasteiger partial charge in [0.1, 0.15) is 5.78 Å². The van der Waals surface area contributed by atoms with Crippen LogP contribution in [0.15, 0.2) is 24.3 Å². The van der Waals surface area contributed by atoms with Gasteiger partial charge in [-0.2, -0.15) is 0 Å². The highest BCUT2D eigenvalue weighted by Crippen LogP contribution is 2.53. The van der Waals surface area contributed by atoms with Crippen LogP contribution in [0.2, 0.25) is 0 Å². The molecule has 0 aliphatic heterocycles. The van der Waals surface area contributed by atoms with Crippen molar-refractivity contribution in [1.82, 2.24) is 0 Å². The maximum absolute atomic E-state index is 12.1. The minimum atomic E-state index is -0.0909. The molecule has 4 rings (SSSR count). The summed E-state index contributed by atoms with van der Waals surface area (Å²) in [6.45, 7) is 0. The maximum Gasteiger partial charge on any atom is 0.144 e. The van der Waals surface area contributed by atoms with Crippen LogP contribution in [0.4, 0.5) is 0 Å². The third kappa shape index (κ3) is 1.77. The van der Waals surface area contributed by atoms with Gasteiger partial charge in [-0.05, 0) is 43.2 Å². The molecule has 1 aromatic carbocycles. The van der Waals surface area contributed by atoms with Crippen molar-refractivity contribution in [1.29, 1.82) is 0 Å². The van der Waals surface area contributed by atoms with Gasteiger partial charge in [-0.3, -0.25) is 4.79 Å². The van der Waals surface area contributed by atoms with Gasteiger partial charge in [0.25, 0.3) is 0 Å². The molecule has 0 amide bonds. The second-order valence-electron chi connectivity index (χ2n) is 6.69. The summed E-state index contributed by atoms with van der Waals surface area (Å²) in [5.74, 6) is 0.462. The van der Waals surface area contributed by atoms with Gasteiger partial charge in [-0.15, -0.1) is 0 Å². The van der Waals surface area contributed by atoms with Crippen LogP contribution in [0.3, 0.4) is 0 Å². The molecule has 2 atom stereocenters. The number of fused-ring (bicyclic) bond motifs is 1. The van der Waals surface area contributed by atoms with Crippen LogP contribution < -0.4 is 0 Å². The molecule has 1 spiro atoms. The van der Waals surface area contributed by atoms with Crippen molar-refractivity contribution in [3.63, 3.8) is 0 Å². The van der Waals surface area contributed by atoms with Gasteiger partial charge >= 0.3 is 0 Å². The Hall–Kier alpha value is -1.15. The number of carbonyl (C=O) groups excluding carboxylic acids is 1. The molecule has 0 aromatic heterocycles. The molecule has 3 aliphatic rings. The van der Waals surface area contributed by atoms with E-state index in [0.717, 1.165) is 19.3 Å². The van der Waals surface area contributed by atoms with Gasteiger partial charge < -0.3 is 4.74 Å². The van der Waals surface area contributed by atoms with Gasteiger partial charge in [0, 0.05) is 6.42 Å². The van der Waals surface area contributed by atoms with Crippen molar-refractivity contribution < 1.29 is 9.53 Å². The Morgan fingerprint density at radius 3 is 2.70 bits per heavy atom. The quantitative estimate of drug-likeness (QED) is 0.812. The Labute approximate surface area is 120 Å². The smallest absolute Gasteiger partial charge is 0.144 e. The van der Waals surface area contributed by atoms with E-state index in [2.05, 4.69) is 24.3 Å². The minimum absolute atomic E-state index is 0.0909. The number of carbonyl (C=O) groups is 1. The van der Waals surface area contributed by atoms with Crippen molar-refractivity contribution in [3.8, 4) is 0 Å². The summed E-state index contributed by atoms with van der Waals surface area (Å²) in [4.78, 5) is 12.1. The summed E-state index contributed by atoms with van der Waals surface area (Å²) in [5.41, 5.74) is 2.72. The number of ether oxygens (including phenoxy) is 1. The van der Waals surface area contributed by atoms with Crippen LogP contribution in [0.1, 0.15) is 62.2 Å². The molecule has 0 N–H and O–H groups in total. The van der Waals surface area contributed by atoms with Gasteiger partial charge in [0.15, 0.2) is 0 Å². The molecule has 0 heterocycles. The Balaban J connectivity index is 1.55. The number of ketones is 1. The molecule has 2 nitrogen and oxygen atoms in total. The van der Waals surface area contributed by atoms with Crippen molar-refractivity contribution in [2.24, 2.45) is 5.41 Å². The van der Waals surface area contributed by atoms with E-state index in [1.165, 1.54) is 36.8 Å². The number of rotatable bonds is 2. The fourth-order valence-electron chi connectivity index (χ4n) is 4.45. The highest BCUT2D eigenvalue weighted by Gasteiger charge is 2.57. The number of hydrogen-bond acceptors (Lipinski definition) is 2. The van der Waals surface area contributed by atoms with Crippen LogP contribution in [-0.2, 0) is 16.0 Å². The second kappa shape index (κ2) is 4.70. The first-order chi connectivity index (χ1) is 9.79. The summed E-state index contributed by atoms with van der Waals surface area (Å²) < 4.78 is 6.44. The molecule has 3 aliphatic carbocycles.